The molecule has 0 bridgehead atoms. The molecule has 16 heteroatoms. The molecule has 0 aliphatic rings. The molecule has 0 spiro atoms. The van der Waals surface area contributed by atoms with E-state index in [9.17, 15) is 38.4 Å². The van der Waals surface area contributed by atoms with Crippen molar-refractivity contribution in [3.63, 3.8) is 0 Å². The maximum absolute atomic E-state index is 13.4. The molecule has 0 unspecified atom stereocenters. The lowest BCUT2D eigenvalue weighted by Crippen LogP contribution is -2.12. The van der Waals surface area contributed by atoms with Crippen molar-refractivity contribution < 1.29 is 76.3 Å². The Labute approximate surface area is 446 Å². The van der Waals surface area contributed by atoms with Crippen molar-refractivity contribution in [3.05, 3.63) is 198 Å². The number of carbonyl (C=O) groups excluding carboxylic acids is 8. The van der Waals surface area contributed by atoms with Crippen molar-refractivity contribution in [1.82, 2.24) is 0 Å². The Balaban J connectivity index is 1.32. The molecule has 0 aliphatic heterocycles. The third-order valence-corrected chi connectivity index (χ3v) is 11.7. The van der Waals surface area contributed by atoms with Gasteiger partial charge in [0, 0.05) is 33.4 Å². The number of methoxy groups -OCH3 is 8. The molecule has 0 radical (unpaired) electrons. The van der Waals surface area contributed by atoms with Crippen molar-refractivity contribution >= 4 is 69.3 Å². The summed E-state index contributed by atoms with van der Waals surface area (Å²) in [6.45, 7) is 0. The maximum atomic E-state index is 13.4. The third kappa shape index (κ3) is 12.0. The van der Waals surface area contributed by atoms with Gasteiger partial charge in [-0.1, -0.05) is 71.6 Å². The second-order valence-corrected chi connectivity index (χ2v) is 16.3. The number of esters is 8. The fourth-order valence-corrected chi connectivity index (χ4v) is 7.94. The largest absolute Gasteiger partial charge is 0.465 e. The van der Waals surface area contributed by atoms with E-state index in [1.54, 1.807) is 12.1 Å². The minimum atomic E-state index is -0.846. The van der Waals surface area contributed by atoms with E-state index in [2.05, 4.69) is 47.4 Å². The molecule has 78 heavy (non-hydrogen) atoms. The number of benzene rings is 7. The standard InChI is InChI=1S/C62H42O16/c1-71-55(63)43-23-35(24-44(32-43)56(64)72-2)17-21-47-51(59(67)75-5)27-37(28-52(47)60(68)76-6)15-19-39-11-9-13-41-31-42-14-10-12-40(50(42)34-49(39)41)20-16-38-29-53(61(69)77-7)48(54(30-38)62(70)78-8)22-18-36-25-45(57(65)73-3)33-46(26-36)58(66)74-4/h9-14,23-34H,1-8H3. The predicted octanol–water partition coefficient (Wildman–Crippen LogP) is 7.89. The van der Waals surface area contributed by atoms with Crippen LogP contribution in [0.1, 0.15) is 127 Å². The Morgan fingerprint density at radius 3 is 0.833 bits per heavy atom. The highest BCUT2D eigenvalue weighted by atomic mass is 16.5. The van der Waals surface area contributed by atoms with E-state index in [0.717, 1.165) is 50.0 Å². The Kier molecular flexibility index (Phi) is 17.1. The summed E-state index contributed by atoms with van der Waals surface area (Å²) >= 11 is 0. The van der Waals surface area contributed by atoms with Gasteiger partial charge >= 0.3 is 47.8 Å². The zero-order chi connectivity index (χ0) is 56.2. The second-order valence-electron chi connectivity index (χ2n) is 16.3. The number of ether oxygens (including phenoxy) is 8. The molecule has 0 N–H and O–H groups in total. The molecule has 0 heterocycles. The number of hydrogen-bond acceptors (Lipinski definition) is 16. The average Bonchev–Trinajstić information content (AvgIpc) is 3.53. The van der Waals surface area contributed by atoms with Crippen LogP contribution >= 0.6 is 0 Å². The van der Waals surface area contributed by atoms with Crippen molar-refractivity contribution in [2.45, 2.75) is 0 Å². The summed E-state index contributed by atoms with van der Waals surface area (Å²) in [6.07, 6.45) is 0. The molecule has 0 fully saturated rings. The van der Waals surface area contributed by atoms with Crippen LogP contribution in [0.15, 0.2) is 109 Å². The molecule has 0 saturated carbocycles. The minimum absolute atomic E-state index is 0.00217. The van der Waals surface area contributed by atoms with Gasteiger partial charge < -0.3 is 37.9 Å². The average molecular weight is 1040 g/mol. The van der Waals surface area contributed by atoms with E-state index < -0.39 is 47.8 Å². The van der Waals surface area contributed by atoms with Gasteiger partial charge in [-0.3, -0.25) is 0 Å². The summed E-state index contributed by atoms with van der Waals surface area (Å²) < 4.78 is 39.7. The second kappa shape index (κ2) is 24.4. The van der Waals surface area contributed by atoms with Gasteiger partial charge in [0.05, 0.1) is 113 Å². The SMILES string of the molecule is COC(=O)c1cc(C#Cc2c(C(=O)OC)cc(C#Cc3cccc4cc5cccc(C#Cc6cc(C(=O)OC)c(C#Cc7cc(C(=O)OC)cc(C(=O)OC)c7)c(C(=O)OC)c6)c5cc34)cc2C(=O)OC)cc(C(=O)OC)c1. The van der Waals surface area contributed by atoms with E-state index in [1.165, 1.54) is 89.1 Å². The van der Waals surface area contributed by atoms with Crippen molar-refractivity contribution in [2.24, 2.45) is 0 Å². The van der Waals surface area contributed by atoms with Gasteiger partial charge in [-0.05, 0) is 106 Å². The smallest absolute Gasteiger partial charge is 0.339 e. The first-order chi connectivity index (χ1) is 37.6. The molecular formula is C62H42O16. The van der Waals surface area contributed by atoms with Crippen molar-refractivity contribution in [1.29, 1.82) is 0 Å². The Morgan fingerprint density at radius 1 is 0.282 bits per heavy atom. The highest BCUT2D eigenvalue weighted by Gasteiger charge is 2.24. The molecule has 386 valence electrons. The Hall–Kier alpha value is -10.9. The van der Waals surface area contributed by atoms with Gasteiger partial charge in [0.2, 0.25) is 0 Å². The minimum Gasteiger partial charge on any atom is -0.465 e. The summed E-state index contributed by atoms with van der Waals surface area (Å²) in [7, 11) is 9.34. The highest BCUT2D eigenvalue weighted by molar-refractivity contribution is 6.05. The Morgan fingerprint density at radius 2 is 0.551 bits per heavy atom. The van der Waals surface area contributed by atoms with Crippen LogP contribution in [0.25, 0.3) is 21.5 Å². The molecule has 0 amide bonds. The molecule has 0 aromatic heterocycles. The molecular weight excluding hydrogens is 1000 g/mol. The van der Waals surface area contributed by atoms with E-state index in [0.29, 0.717) is 11.1 Å². The van der Waals surface area contributed by atoms with Crippen LogP contribution in [0.3, 0.4) is 0 Å². The first-order valence-corrected chi connectivity index (χ1v) is 22.9. The summed E-state index contributed by atoms with van der Waals surface area (Å²) in [5.41, 5.74) is 1.25. The van der Waals surface area contributed by atoms with Crippen molar-refractivity contribution in [3.8, 4) is 47.4 Å². The van der Waals surface area contributed by atoms with E-state index in [1.807, 2.05) is 36.4 Å². The summed E-state index contributed by atoms with van der Waals surface area (Å²) in [5.74, 6) is 17.4. The lowest BCUT2D eigenvalue weighted by atomic mass is 9.95. The molecule has 7 aromatic carbocycles. The van der Waals surface area contributed by atoms with Gasteiger partial charge in [0.25, 0.3) is 0 Å². The number of hydrogen-bond donors (Lipinski definition) is 0. The lowest BCUT2D eigenvalue weighted by molar-refractivity contribution is 0.0580. The van der Waals surface area contributed by atoms with Gasteiger partial charge in [-0.15, -0.1) is 0 Å². The van der Waals surface area contributed by atoms with Crippen molar-refractivity contribution in [2.75, 3.05) is 56.9 Å². The van der Waals surface area contributed by atoms with Gasteiger partial charge in [0.15, 0.2) is 0 Å². The summed E-state index contributed by atoms with van der Waals surface area (Å²) in [4.78, 5) is 103. The molecule has 0 atom stereocenters. The molecule has 0 aliphatic carbocycles. The van der Waals surface area contributed by atoms with Crippen LogP contribution in [-0.2, 0) is 37.9 Å². The topological polar surface area (TPSA) is 210 Å². The molecule has 7 rings (SSSR count). The maximum Gasteiger partial charge on any atom is 0.339 e. The summed E-state index contributed by atoms with van der Waals surface area (Å²) in [5, 5.41) is 3.08. The fraction of sp³-hybridized carbons (Fsp3) is 0.129. The number of fused-ring (bicyclic) bond motifs is 2. The van der Waals surface area contributed by atoms with E-state index in [-0.39, 0.29) is 77.9 Å². The first kappa shape index (κ1) is 54.8. The highest BCUT2D eigenvalue weighted by Crippen LogP contribution is 2.29. The zero-order valence-electron chi connectivity index (χ0n) is 42.9. The van der Waals surface area contributed by atoms with Crippen LogP contribution in [0.2, 0.25) is 0 Å². The number of rotatable bonds is 8. The molecule has 7 aromatic rings. The first-order valence-electron chi connectivity index (χ1n) is 22.9. The van der Waals surface area contributed by atoms with Gasteiger partial charge in [0.1, 0.15) is 0 Å². The van der Waals surface area contributed by atoms with E-state index >= 15 is 0 Å². The Bertz CT molecular complexity index is 3590. The predicted molar refractivity (Wildman–Crippen MR) is 282 cm³/mol. The molecule has 16 nitrogen and oxygen atoms in total. The quantitative estimate of drug-likeness (QED) is 0.0613. The van der Waals surface area contributed by atoms with Crippen LogP contribution in [0.4, 0.5) is 0 Å². The zero-order valence-corrected chi connectivity index (χ0v) is 42.9. The fourth-order valence-electron chi connectivity index (χ4n) is 7.94. The summed E-state index contributed by atoms with van der Waals surface area (Å²) in [6, 6.07) is 28.6. The molecule has 0 saturated heterocycles. The number of carbonyl (C=O) groups is 8. The van der Waals surface area contributed by atoms with Gasteiger partial charge in [-0.25, -0.2) is 38.4 Å². The van der Waals surface area contributed by atoms with Crippen LogP contribution in [0.5, 0.6) is 0 Å². The monoisotopic (exact) mass is 1040 g/mol. The normalized spacial score (nSPS) is 10.1. The van der Waals surface area contributed by atoms with Crippen LogP contribution in [-0.4, -0.2) is 105 Å². The third-order valence-electron chi connectivity index (χ3n) is 11.7. The van der Waals surface area contributed by atoms with E-state index in [4.69, 9.17) is 37.9 Å². The van der Waals surface area contributed by atoms with Crippen LogP contribution < -0.4 is 0 Å². The van der Waals surface area contributed by atoms with Crippen LogP contribution in [0, 0.1) is 47.4 Å². The van der Waals surface area contributed by atoms with Gasteiger partial charge in [-0.2, -0.15) is 0 Å². The lowest BCUT2D eigenvalue weighted by Gasteiger charge is -2.10.